The molecule has 0 atom stereocenters. The molecule has 4 heteroatoms. The number of hydrogen-bond acceptors (Lipinski definition) is 2. The van der Waals surface area contributed by atoms with E-state index in [4.69, 9.17) is 27.9 Å². The fraction of sp³-hybridized carbons (Fsp3) is 0.0526. The first kappa shape index (κ1) is 14.9. The highest BCUT2D eigenvalue weighted by Gasteiger charge is 2.20. The van der Waals surface area contributed by atoms with E-state index in [1.54, 1.807) is 17.8 Å². The normalized spacial score (nSPS) is 12.3. The van der Waals surface area contributed by atoms with Crippen LogP contribution in [0.3, 0.4) is 0 Å². The molecule has 0 spiro atoms. The van der Waals surface area contributed by atoms with Crippen molar-refractivity contribution < 1.29 is 4.74 Å². The highest BCUT2D eigenvalue weighted by molar-refractivity contribution is 7.99. The van der Waals surface area contributed by atoms with E-state index in [1.165, 1.54) is 11.1 Å². The molecule has 0 unspecified atom stereocenters. The maximum Gasteiger partial charge on any atom is 0.132 e. The van der Waals surface area contributed by atoms with E-state index in [1.807, 2.05) is 42.5 Å². The summed E-state index contributed by atoms with van der Waals surface area (Å²) < 4.78 is 6.04. The molecule has 1 heterocycles. The Morgan fingerprint density at radius 1 is 0.783 bits per heavy atom. The summed E-state index contributed by atoms with van der Waals surface area (Å²) >= 11 is 14.1. The number of fused-ring (bicyclic) bond motifs is 2. The lowest BCUT2D eigenvalue weighted by Crippen LogP contribution is -2.03. The van der Waals surface area contributed by atoms with E-state index < -0.39 is 0 Å². The van der Waals surface area contributed by atoms with Gasteiger partial charge in [-0.15, -0.1) is 0 Å². The van der Waals surface area contributed by atoms with Crippen LogP contribution in [0.15, 0.2) is 70.5 Å². The average molecular weight is 359 g/mol. The van der Waals surface area contributed by atoms with Crippen molar-refractivity contribution in [3.63, 3.8) is 0 Å². The molecule has 1 aliphatic heterocycles. The Labute approximate surface area is 149 Å². The fourth-order valence-electron chi connectivity index (χ4n) is 2.65. The first-order valence-electron chi connectivity index (χ1n) is 7.22. The molecule has 0 fully saturated rings. The second kappa shape index (κ2) is 6.12. The molecule has 3 aromatic carbocycles. The van der Waals surface area contributed by atoms with Crippen LogP contribution in [0.2, 0.25) is 10.0 Å². The lowest BCUT2D eigenvalue weighted by Gasteiger charge is -2.22. The Kier molecular flexibility index (Phi) is 3.98. The van der Waals surface area contributed by atoms with Crippen molar-refractivity contribution in [1.82, 2.24) is 0 Å². The molecular weight excluding hydrogens is 347 g/mol. The van der Waals surface area contributed by atoms with Crippen molar-refractivity contribution in [3.8, 4) is 11.5 Å². The number of benzene rings is 3. The molecule has 4 rings (SSSR count). The van der Waals surface area contributed by atoms with Gasteiger partial charge >= 0.3 is 0 Å². The van der Waals surface area contributed by atoms with E-state index in [2.05, 4.69) is 12.1 Å². The summed E-state index contributed by atoms with van der Waals surface area (Å²) in [6, 6.07) is 19.9. The number of rotatable bonds is 2. The predicted octanol–water partition coefficient (Wildman–Crippen LogP) is 6.84. The minimum absolute atomic E-state index is 0.572. The van der Waals surface area contributed by atoms with Crippen LogP contribution >= 0.6 is 35.0 Å². The quantitative estimate of drug-likeness (QED) is 0.387. The Hall–Kier alpha value is -1.61. The van der Waals surface area contributed by atoms with Gasteiger partial charge < -0.3 is 4.74 Å². The van der Waals surface area contributed by atoms with E-state index in [9.17, 15) is 0 Å². The highest BCUT2D eigenvalue weighted by atomic mass is 35.5. The molecular formula is C19H12Cl2OS. The minimum Gasteiger partial charge on any atom is -0.457 e. The minimum atomic E-state index is 0.572. The summed E-state index contributed by atoms with van der Waals surface area (Å²) in [4.78, 5) is 2.09. The van der Waals surface area contributed by atoms with E-state index in [0.29, 0.717) is 10.0 Å². The van der Waals surface area contributed by atoms with Gasteiger partial charge in [0.1, 0.15) is 11.5 Å². The number of ether oxygens (including phenoxy) is 1. The van der Waals surface area contributed by atoms with E-state index >= 15 is 0 Å². The van der Waals surface area contributed by atoms with Crippen LogP contribution in [0, 0.1) is 0 Å². The highest BCUT2D eigenvalue weighted by Crippen LogP contribution is 2.44. The first-order chi connectivity index (χ1) is 11.2. The fourth-order valence-corrected chi connectivity index (χ4v) is 4.15. The molecule has 0 N–H and O–H groups in total. The van der Waals surface area contributed by atoms with Crippen molar-refractivity contribution in [3.05, 3.63) is 81.8 Å². The van der Waals surface area contributed by atoms with Crippen LogP contribution in [0.25, 0.3) is 0 Å². The molecule has 0 radical (unpaired) electrons. The van der Waals surface area contributed by atoms with Gasteiger partial charge in [-0.1, -0.05) is 65.3 Å². The van der Waals surface area contributed by atoms with E-state index in [-0.39, 0.29) is 0 Å². The number of hydrogen-bond donors (Lipinski definition) is 0. The molecule has 23 heavy (non-hydrogen) atoms. The molecule has 1 aliphatic rings. The summed E-state index contributed by atoms with van der Waals surface area (Å²) in [5.74, 6) is 1.84. The number of para-hydroxylation sites is 1. The van der Waals surface area contributed by atoms with Crippen molar-refractivity contribution in [1.29, 1.82) is 0 Å². The summed E-state index contributed by atoms with van der Waals surface area (Å²) in [6.07, 6.45) is 0.854. The lowest BCUT2D eigenvalue weighted by molar-refractivity contribution is 0.457. The van der Waals surface area contributed by atoms with Gasteiger partial charge in [0.2, 0.25) is 0 Å². The Morgan fingerprint density at radius 2 is 1.52 bits per heavy atom. The maximum atomic E-state index is 6.32. The van der Waals surface area contributed by atoms with Gasteiger partial charge in [-0.05, 0) is 35.9 Å². The Morgan fingerprint density at radius 3 is 2.43 bits per heavy atom. The van der Waals surface area contributed by atoms with Gasteiger partial charge in [-0.2, -0.15) is 0 Å². The van der Waals surface area contributed by atoms with Crippen LogP contribution < -0.4 is 4.74 Å². The first-order valence-corrected chi connectivity index (χ1v) is 8.79. The molecule has 3 aromatic rings. The molecule has 0 bridgehead atoms. The monoisotopic (exact) mass is 358 g/mol. The third-order valence-corrected chi connectivity index (χ3v) is 5.88. The van der Waals surface area contributed by atoms with Gasteiger partial charge in [0.15, 0.2) is 0 Å². The van der Waals surface area contributed by atoms with Crippen LogP contribution in [-0.4, -0.2) is 0 Å². The zero-order valence-corrected chi connectivity index (χ0v) is 14.4. The molecule has 1 nitrogen and oxygen atoms in total. The number of halogens is 2. The van der Waals surface area contributed by atoms with Gasteiger partial charge in [0, 0.05) is 21.8 Å². The largest absolute Gasteiger partial charge is 0.457 e. The third-order valence-electron chi connectivity index (χ3n) is 3.79. The summed E-state index contributed by atoms with van der Waals surface area (Å²) in [6.45, 7) is 0. The molecule has 0 aliphatic carbocycles. The summed E-state index contributed by atoms with van der Waals surface area (Å²) in [5.41, 5.74) is 2.39. The van der Waals surface area contributed by atoms with Crippen LogP contribution in [0.4, 0.5) is 0 Å². The van der Waals surface area contributed by atoms with E-state index in [0.717, 1.165) is 27.7 Å². The molecule has 0 saturated carbocycles. The van der Waals surface area contributed by atoms with Crippen molar-refractivity contribution >= 4 is 35.0 Å². The maximum absolute atomic E-state index is 6.32. The molecule has 0 aromatic heterocycles. The molecule has 114 valence electrons. The van der Waals surface area contributed by atoms with Crippen molar-refractivity contribution in [2.75, 3.05) is 0 Å². The second-order valence-corrected chi connectivity index (χ2v) is 7.14. The van der Waals surface area contributed by atoms with Gasteiger partial charge in [0.25, 0.3) is 0 Å². The SMILES string of the molecule is Clc1cccc(Sc2cccc3c2Cc2ccccc2O3)c1Cl. The molecule has 0 saturated heterocycles. The van der Waals surface area contributed by atoms with Gasteiger partial charge in [-0.3, -0.25) is 0 Å². The Bertz CT molecular complexity index is 892. The van der Waals surface area contributed by atoms with Gasteiger partial charge in [-0.25, -0.2) is 0 Å². The standard InChI is InChI=1S/C19H12Cl2OS/c20-14-6-3-10-18(19(14)21)23-17-9-4-8-16-13(17)11-12-5-1-2-7-15(12)22-16/h1-10H,11H2. The second-order valence-electron chi connectivity index (χ2n) is 5.27. The zero-order valence-electron chi connectivity index (χ0n) is 12.1. The zero-order chi connectivity index (χ0) is 15.8. The summed E-state index contributed by atoms with van der Waals surface area (Å²) in [5, 5.41) is 1.16. The predicted molar refractivity (Wildman–Crippen MR) is 96.3 cm³/mol. The smallest absolute Gasteiger partial charge is 0.132 e. The van der Waals surface area contributed by atoms with Crippen LogP contribution in [0.1, 0.15) is 11.1 Å². The molecule has 0 amide bonds. The average Bonchev–Trinajstić information content (AvgIpc) is 2.57. The van der Waals surface area contributed by atoms with Gasteiger partial charge in [0.05, 0.1) is 10.0 Å². The topological polar surface area (TPSA) is 9.23 Å². The van der Waals surface area contributed by atoms with Crippen molar-refractivity contribution in [2.24, 2.45) is 0 Å². The Balaban J connectivity index is 1.74. The summed E-state index contributed by atoms with van der Waals surface area (Å²) in [7, 11) is 0. The lowest BCUT2D eigenvalue weighted by atomic mass is 10.0. The third kappa shape index (κ3) is 2.83. The van der Waals surface area contributed by atoms with Crippen molar-refractivity contribution in [2.45, 2.75) is 16.2 Å². The van der Waals surface area contributed by atoms with Crippen LogP contribution in [-0.2, 0) is 6.42 Å². The van der Waals surface area contributed by atoms with Crippen LogP contribution in [0.5, 0.6) is 11.5 Å².